The summed E-state index contributed by atoms with van der Waals surface area (Å²) in [6.45, 7) is 13.9. The van der Waals surface area contributed by atoms with Crippen molar-refractivity contribution >= 4 is 8.32 Å². The Morgan fingerprint density at radius 2 is 1.84 bits per heavy atom. The summed E-state index contributed by atoms with van der Waals surface area (Å²) in [6.07, 6.45) is 0.750. The van der Waals surface area contributed by atoms with E-state index in [1.54, 1.807) is 0 Å². The van der Waals surface area contributed by atoms with E-state index in [1.807, 2.05) is 0 Å². The number of alkyl halides is 2. The molecule has 1 unspecified atom stereocenters. The maximum absolute atomic E-state index is 13.3. The monoisotopic (exact) mass is 291 g/mol. The molecular formula is C14H27F2NOSi. The van der Waals surface area contributed by atoms with Crippen LogP contribution < -0.4 is 0 Å². The van der Waals surface area contributed by atoms with Crippen LogP contribution in [0.5, 0.6) is 0 Å². The molecular weight excluding hydrogens is 264 g/mol. The predicted octanol–water partition coefficient (Wildman–Crippen LogP) is 3.74. The maximum Gasteiger partial charge on any atom is 0.255 e. The molecule has 5 heteroatoms. The van der Waals surface area contributed by atoms with Crippen LogP contribution in [-0.2, 0) is 4.43 Å². The maximum atomic E-state index is 13.3. The van der Waals surface area contributed by atoms with Crippen LogP contribution in [0.3, 0.4) is 0 Å². The van der Waals surface area contributed by atoms with E-state index in [1.165, 1.54) is 0 Å². The molecule has 2 fully saturated rings. The van der Waals surface area contributed by atoms with Gasteiger partial charge in [-0.3, -0.25) is 0 Å². The second-order valence-electron chi connectivity index (χ2n) is 7.80. The SMILES string of the molecule is CC(C)(C)[Si](C)(C)OCCN1CCC2(C1)CC2(F)F. The summed E-state index contributed by atoms with van der Waals surface area (Å²) < 4.78 is 32.7. The van der Waals surface area contributed by atoms with E-state index < -0.39 is 19.7 Å². The second kappa shape index (κ2) is 4.50. The van der Waals surface area contributed by atoms with Crippen molar-refractivity contribution in [1.82, 2.24) is 4.90 Å². The summed E-state index contributed by atoms with van der Waals surface area (Å²) in [5, 5.41) is 0.211. The Labute approximate surface area is 116 Å². The number of nitrogens with zero attached hydrogens (tertiary/aromatic N) is 1. The standard InChI is InChI=1S/C14H27F2NOSi/c1-12(2,3)19(4,5)18-9-8-17-7-6-13(11-17)10-14(13,15)16/h6-11H2,1-5H3. The molecule has 112 valence electrons. The summed E-state index contributed by atoms with van der Waals surface area (Å²) in [5.74, 6) is -2.40. The first-order chi connectivity index (χ1) is 8.49. The Kier molecular flexibility index (Phi) is 3.64. The molecule has 1 spiro atoms. The fourth-order valence-electron chi connectivity index (χ4n) is 2.62. The van der Waals surface area contributed by atoms with Gasteiger partial charge in [0.15, 0.2) is 8.32 Å². The van der Waals surface area contributed by atoms with Crippen LogP contribution in [0.25, 0.3) is 0 Å². The third-order valence-electron chi connectivity index (χ3n) is 5.32. The lowest BCUT2D eigenvalue weighted by molar-refractivity contribution is 0.0655. The first-order valence-electron chi connectivity index (χ1n) is 7.23. The van der Waals surface area contributed by atoms with E-state index in [0.29, 0.717) is 19.6 Å². The minimum Gasteiger partial charge on any atom is -0.416 e. The van der Waals surface area contributed by atoms with Gasteiger partial charge in [0, 0.05) is 26.1 Å². The molecule has 0 radical (unpaired) electrons. The fraction of sp³-hybridized carbons (Fsp3) is 1.00. The van der Waals surface area contributed by atoms with E-state index in [-0.39, 0.29) is 11.5 Å². The van der Waals surface area contributed by atoms with E-state index in [4.69, 9.17) is 4.43 Å². The minimum atomic E-state index is -2.40. The average Bonchev–Trinajstić information content (AvgIpc) is 2.56. The highest BCUT2D eigenvalue weighted by Crippen LogP contribution is 2.64. The number of hydrogen-bond acceptors (Lipinski definition) is 2. The molecule has 0 amide bonds. The van der Waals surface area contributed by atoms with Gasteiger partial charge in [-0.05, 0) is 31.1 Å². The third-order valence-corrected chi connectivity index (χ3v) is 9.86. The molecule has 0 bridgehead atoms. The van der Waals surface area contributed by atoms with Gasteiger partial charge in [-0.25, -0.2) is 8.78 Å². The van der Waals surface area contributed by atoms with Crippen molar-refractivity contribution in [3.05, 3.63) is 0 Å². The Hall–Kier alpha value is -0.00312. The Balaban J connectivity index is 1.74. The molecule has 2 aliphatic rings. The van der Waals surface area contributed by atoms with E-state index in [9.17, 15) is 8.78 Å². The highest BCUT2D eigenvalue weighted by Gasteiger charge is 2.72. The lowest BCUT2D eigenvalue weighted by atomic mass is 10.1. The van der Waals surface area contributed by atoms with Crippen molar-refractivity contribution in [2.75, 3.05) is 26.2 Å². The lowest BCUT2D eigenvalue weighted by Crippen LogP contribution is -2.42. The smallest absolute Gasteiger partial charge is 0.255 e. The molecule has 19 heavy (non-hydrogen) atoms. The van der Waals surface area contributed by atoms with Gasteiger partial charge in [-0.1, -0.05) is 20.8 Å². The number of hydrogen-bond donors (Lipinski definition) is 0. The molecule has 0 aromatic rings. The molecule has 1 heterocycles. The van der Waals surface area contributed by atoms with Gasteiger partial charge in [-0.15, -0.1) is 0 Å². The van der Waals surface area contributed by atoms with Crippen LogP contribution in [0, 0.1) is 5.41 Å². The zero-order chi connectivity index (χ0) is 14.5. The van der Waals surface area contributed by atoms with Gasteiger partial charge in [0.2, 0.25) is 0 Å². The molecule has 1 aliphatic heterocycles. The zero-order valence-electron chi connectivity index (χ0n) is 12.9. The van der Waals surface area contributed by atoms with Crippen molar-refractivity contribution in [3.8, 4) is 0 Å². The van der Waals surface area contributed by atoms with Crippen LogP contribution in [0.1, 0.15) is 33.6 Å². The lowest BCUT2D eigenvalue weighted by Gasteiger charge is -2.36. The summed E-state index contributed by atoms with van der Waals surface area (Å²) in [5.41, 5.74) is -0.677. The minimum absolute atomic E-state index is 0.0968. The highest BCUT2D eigenvalue weighted by molar-refractivity contribution is 6.74. The quantitative estimate of drug-likeness (QED) is 0.732. The topological polar surface area (TPSA) is 12.5 Å². The van der Waals surface area contributed by atoms with Crippen molar-refractivity contribution in [3.63, 3.8) is 0 Å². The van der Waals surface area contributed by atoms with Crippen molar-refractivity contribution in [1.29, 1.82) is 0 Å². The normalized spacial score (nSPS) is 31.1. The third kappa shape index (κ3) is 2.88. The zero-order valence-corrected chi connectivity index (χ0v) is 13.9. The summed E-state index contributed by atoms with van der Waals surface area (Å²) in [7, 11) is -1.70. The number of rotatable bonds is 4. The summed E-state index contributed by atoms with van der Waals surface area (Å²) in [4.78, 5) is 2.15. The van der Waals surface area contributed by atoms with Crippen LogP contribution in [-0.4, -0.2) is 45.4 Å². The van der Waals surface area contributed by atoms with Crippen molar-refractivity contribution in [2.24, 2.45) is 5.41 Å². The molecule has 1 aliphatic carbocycles. The average molecular weight is 291 g/mol. The van der Waals surface area contributed by atoms with E-state index in [0.717, 1.165) is 13.1 Å². The Morgan fingerprint density at radius 1 is 1.26 bits per heavy atom. The van der Waals surface area contributed by atoms with Crippen LogP contribution in [0.4, 0.5) is 8.78 Å². The molecule has 1 saturated heterocycles. The number of likely N-dealkylation sites (tertiary alicyclic amines) is 1. The van der Waals surface area contributed by atoms with Gasteiger partial charge in [-0.2, -0.15) is 0 Å². The fourth-order valence-corrected chi connectivity index (χ4v) is 3.65. The summed E-state index contributed by atoms with van der Waals surface area (Å²) in [6, 6.07) is 0. The van der Waals surface area contributed by atoms with Gasteiger partial charge < -0.3 is 9.33 Å². The first-order valence-corrected chi connectivity index (χ1v) is 10.1. The van der Waals surface area contributed by atoms with Gasteiger partial charge >= 0.3 is 0 Å². The van der Waals surface area contributed by atoms with Gasteiger partial charge in [0.1, 0.15) is 0 Å². The van der Waals surface area contributed by atoms with Gasteiger partial charge in [0.05, 0.1) is 5.41 Å². The molecule has 0 N–H and O–H groups in total. The second-order valence-corrected chi connectivity index (χ2v) is 12.6. The molecule has 1 atom stereocenters. The predicted molar refractivity (Wildman–Crippen MR) is 76.2 cm³/mol. The van der Waals surface area contributed by atoms with Crippen molar-refractivity contribution < 1.29 is 13.2 Å². The van der Waals surface area contributed by atoms with Crippen LogP contribution in [0.2, 0.25) is 18.1 Å². The molecule has 0 aromatic heterocycles. The molecule has 1 saturated carbocycles. The van der Waals surface area contributed by atoms with Crippen LogP contribution in [0.15, 0.2) is 0 Å². The first kappa shape index (κ1) is 15.4. The Bertz CT molecular complexity index is 354. The molecule has 0 aromatic carbocycles. The van der Waals surface area contributed by atoms with Gasteiger partial charge in [0.25, 0.3) is 5.92 Å². The number of halogens is 2. The van der Waals surface area contributed by atoms with E-state index in [2.05, 4.69) is 38.8 Å². The molecule has 2 rings (SSSR count). The largest absolute Gasteiger partial charge is 0.416 e. The van der Waals surface area contributed by atoms with E-state index >= 15 is 0 Å². The summed E-state index contributed by atoms with van der Waals surface area (Å²) >= 11 is 0. The van der Waals surface area contributed by atoms with Crippen molar-refractivity contribution in [2.45, 2.75) is 57.7 Å². The highest BCUT2D eigenvalue weighted by atomic mass is 28.4. The van der Waals surface area contributed by atoms with Crippen LogP contribution >= 0.6 is 0 Å². The Morgan fingerprint density at radius 3 is 2.26 bits per heavy atom. The molecule has 2 nitrogen and oxygen atoms in total.